The Bertz CT molecular complexity index is 342. The molecule has 1 unspecified atom stereocenters. The molecular formula is C14H21NO3. The maximum absolute atomic E-state index is 11.5. The molecule has 1 aliphatic heterocycles. The highest BCUT2D eigenvalue weighted by atomic mass is 16.5. The van der Waals surface area contributed by atoms with Gasteiger partial charge in [0.1, 0.15) is 6.61 Å². The zero-order valence-corrected chi connectivity index (χ0v) is 10.7. The summed E-state index contributed by atoms with van der Waals surface area (Å²) >= 11 is 0. The van der Waals surface area contributed by atoms with Crippen molar-refractivity contribution in [2.45, 2.75) is 25.7 Å². The van der Waals surface area contributed by atoms with Gasteiger partial charge in [-0.25, -0.2) is 0 Å². The van der Waals surface area contributed by atoms with E-state index in [1.54, 1.807) is 12.1 Å². The van der Waals surface area contributed by atoms with Crippen LogP contribution in [0.1, 0.15) is 36.2 Å². The summed E-state index contributed by atoms with van der Waals surface area (Å²) in [4.78, 5) is 11.5. The van der Waals surface area contributed by atoms with E-state index >= 15 is 0 Å². The van der Waals surface area contributed by atoms with Crippen LogP contribution < -0.4 is 5.32 Å². The highest BCUT2D eigenvalue weighted by Crippen LogP contribution is 2.15. The summed E-state index contributed by atoms with van der Waals surface area (Å²) in [7, 11) is 0. The molecule has 1 saturated heterocycles. The van der Waals surface area contributed by atoms with Crippen LogP contribution in [0.4, 0.5) is 0 Å². The Labute approximate surface area is 108 Å². The summed E-state index contributed by atoms with van der Waals surface area (Å²) in [6.45, 7) is 3.06. The third kappa shape index (κ3) is 4.27. The highest BCUT2D eigenvalue weighted by molar-refractivity contribution is 5.94. The smallest absolute Gasteiger partial charge is 0.223 e. The van der Waals surface area contributed by atoms with Crippen LogP contribution in [0.15, 0.2) is 22.8 Å². The Balaban J connectivity index is 1.52. The first-order valence-electron chi connectivity index (χ1n) is 6.71. The topological polar surface area (TPSA) is 51.5 Å². The second-order valence-electron chi connectivity index (χ2n) is 4.81. The molecule has 1 fully saturated rings. The molecule has 0 aromatic carbocycles. The average Bonchev–Trinajstić information content (AvgIpc) is 2.93. The SMILES string of the molecule is O=C(COCCCC1CCCNC1)c1ccco1. The van der Waals surface area contributed by atoms with Crippen molar-refractivity contribution in [1.29, 1.82) is 0 Å². The molecule has 0 radical (unpaired) electrons. The van der Waals surface area contributed by atoms with Crippen LogP contribution in [-0.4, -0.2) is 32.1 Å². The van der Waals surface area contributed by atoms with Crippen molar-refractivity contribution in [2.24, 2.45) is 5.92 Å². The van der Waals surface area contributed by atoms with Crippen molar-refractivity contribution in [3.8, 4) is 0 Å². The van der Waals surface area contributed by atoms with Gasteiger partial charge < -0.3 is 14.5 Å². The number of ether oxygens (including phenoxy) is 1. The molecule has 4 heteroatoms. The predicted octanol–water partition coefficient (Wildman–Crippen LogP) is 2.26. The van der Waals surface area contributed by atoms with E-state index < -0.39 is 0 Å². The predicted molar refractivity (Wildman–Crippen MR) is 68.7 cm³/mol. The molecule has 18 heavy (non-hydrogen) atoms. The van der Waals surface area contributed by atoms with Gasteiger partial charge >= 0.3 is 0 Å². The van der Waals surface area contributed by atoms with Crippen molar-refractivity contribution < 1.29 is 13.9 Å². The van der Waals surface area contributed by atoms with Crippen LogP contribution in [0.3, 0.4) is 0 Å². The molecule has 0 spiro atoms. The van der Waals surface area contributed by atoms with E-state index in [2.05, 4.69) is 5.32 Å². The number of piperidine rings is 1. The molecule has 4 nitrogen and oxygen atoms in total. The lowest BCUT2D eigenvalue weighted by Gasteiger charge is -2.22. The average molecular weight is 251 g/mol. The maximum atomic E-state index is 11.5. The molecule has 0 amide bonds. The van der Waals surface area contributed by atoms with Crippen molar-refractivity contribution >= 4 is 5.78 Å². The standard InChI is InChI=1S/C14H21NO3/c16-13(14-6-3-9-18-14)11-17-8-2-5-12-4-1-7-15-10-12/h3,6,9,12,15H,1-2,4-5,7-8,10-11H2. The number of Topliss-reactive ketones (excluding diaryl/α,β-unsaturated/α-hetero) is 1. The first kappa shape index (κ1) is 13.3. The lowest BCUT2D eigenvalue weighted by molar-refractivity contribution is 0.0719. The van der Waals surface area contributed by atoms with Crippen molar-refractivity contribution in [1.82, 2.24) is 5.32 Å². The minimum absolute atomic E-state index is 0.0840. The van der Waals surface area contributed by atoms with E-state index in [0.29, 0.717) is 12.4 Å². The van der Waals surface area contributed by atoms with E-state index in [1.807, 2.05) is 0 Å². The number of nitrogens with one attached hydrogen (secondary N) is 1. The number of ketones is 1. The van der Waals surface area contributed by atoms with Crippen LogP contribution >= 0.6 is 0 Å². The minimum atomic E-state index is -0.0840. The van der Waals surface area contributed by atoms with Crippen LogP contribution in [0.5, 0.6) is 0 Å². The summed E-state index contributed by atoms with van der Waals surface area (Å²) < 4.78 is 10.4. The van der Waals surface area contributed by atoms with Gasteiger partial charge in [-0.2, -0.15) is 0 Å². The molecule has 100 valence electrons. The van der Waals surface area contributed by atoms with Crippen LogP contribution in [0.25, 0.3) is 0 Å². The summed E-state index contributed by atoms with van der Waals surface area (Å²) in [5, 5.41) is 3.41. The zero-order valence-electron chi connectivity index (χ0n) is 10.7. The second-order valence-corrected chi connectivity index (χ2v) is 4.81. The normalized spacial score (nSPS) is 19.9. The van der Waals surface area contributed by atoms with Crippen LogP contribution in [-0.2, 0) is 4.74 Å². The number of rotatable bonds is 7. The van der Waals surface area contributed by atoms with Gasteiger partial charge in [0.2, 0.25) is 5.78 Å². The Morgan fingerprint density at radius 2 is 2.50 bits per heavy atom. The fourth-order valence-corrected chi connectivity index (χ4v) is 2.32. The monoisotopic (exact) mass is 251 g/mol. The number of hydrogen-bond acceptors (Lipinski definition) is 4. The quantitative estimate of drug-likeness (QED) is 0.596. The molecule has 0 bridgehead atoms. The lowest BCUT2D eigenvalue weighted by Crippen LogP contribution is -2.29. The van der Waals surface area contributed by atoms with Gasteiger partial charge in [-0.05, 0) is 56.8 Å². The molecule has 0 aliphatic carbocycles. The van der Waals surface area contributed by atoms with E-state index in [4.69, 9.17) is 9.15 Å². The van der Waals surface area contributed by atoms with Gasteiger partial charge in [-0.15, -0.1) is 0 Å². The number of hydrogen-bond donors (Lipinski definition) is 1. The van der Waals surface area contributed by atoms with Crippen LogP contribution in [0.2, 0.25) is 0 Å². The third-order valence-corrected chi connectivity index (χ3v) is 3.33. The Kier molecular flexibility index (Phi) is 5.42. The summed E-state index contributed by atoms with van der Waals surface area (Å²) in [6, 6.07) is 3.38. The molecule has 0 saturated carbocycles. The van der Waals surface area contributed by atoms with E-state index in [9.17, 15) is 4.79 Å². The minimum Gasteiger partial charge on any atom is -0.461 e. The molecule has 2 heterocycles. The largest absolute Gasteiger partial charge is 0.461 e. The van der Waals surface area contributed by atoms with Gasteiger partial charge in [-0.3, -0.25) is 4.79 Å². The number of carbonyl (C=O) groups excluding carboxylic acids is 1. The van der Waals surface area contributed by atoms with Gasteiger partial charge in [0.15, 0.2) is 5.76 Å². The van der Waals surface area contributed by atoms with Gasteiger partial charge in [0.05, 0.1) is 6.26 Å². The molecule has 1 atom stereocenters. The van der Waals surface area contributed by atoms with E-state index in [1.165, 1.54) is 25.5 Å². The van der Waals surface area contributed by atoms with Crippen molar-refractivity contribution in [2.75, 3.05) is 26.3 Å². The number of carbonyl (C=O) groups is 1. The van der Waals surface area contributed by atoms with Gasteiger partial charge in [0.25, 0.3) is 0 Å². The van der Waals surface area contributed by atoms with Gasteiger partial charge in [-0.1, -0.05) is 0 Å². The first-order valence-corrected chi connectivity index (χ1v) is 6.71. The summed E-state index contributed by atoms with van der Waals surface area (Å²) in [5.74, 6) is 1.08. The first-order chi connectivity index (χ1) is 8.86. The summed E-state index contributed by atoms with van der Waals surface area (Å²) in [5.41, 5.74) is 0. The molecule has 1 aliphatic rings. The molecule has 1 aromatic rings. The summed E-state index contributed by atoms with van der Waals surface area (Å²) in [6.07, 6.45) is 6.31. The fourth-order valence-electron chi connectivity index (χ4n) is 2.32. The zero-order chi connectivity index (χ0) is 12.6. The molecular weight excluding hydrogens is 230 g/mol. The van der Waals surface area contributed by atoms with E-state index in [-0.39, 0.29) is 12.4 Å². The van der Waals surface area contributed by atoms with Gasteiger partial charge in [0, 0.05) is 6.61 Å². The molecule has 2 rings (SSSR count). The van der Waals surface area contributed by atoms with Crippen molar-refractivity contribution in [3.63, 3.8) is 0 Å². The lowest BCUT2D eigenvalue weighted by atomic mass is 9.95. The van der Waals surface area contributed by atoms with Crippen molar-refractivity contribution in [3.05, 3.63) is 24.2 Å². The second kappa shape index (κ2) is 7.34. The molecule has 1 N–H and O–H groups in total. The maximum Gasteiger partial charge on any atom is 0.223 e. The third-order valence-electron chi connectivity index (χ3n) is 3.33. The van der Waals surface area contributed by atoms with Crippen LogP contribution in [0, 0.1) is 5.92 Å². The highest BCUT2D eigenvalue weighted by Gasteiger charge is 2.12. The molecule has 1 aromatic heterocycles. The fraction of sp³-hybridized carbons (Fsp3) is 0.643. The Hall–Kier alpha value is -1.13. The van der Waals surface area contributed by atoms with E-state index in [0.717, 1.165) is 25.4 Å². The Morgan fingerprint density at radius 3 is 3.22 bits per heavy atom. The number of furan rings is 1. The Morgan fingerprint density at radius 1 is 1.56 bits per heavy atom.